The molecule has 0 spiro atoms. The second kappa shape index (κ2) is 4.99. The Bertz CT molecular complexity index is 1240. The first-order valence-corrected chi connectivity index (χ1v) is 9.02. The number of benzene rings is 1. The zero-order valence-electron chi connectivity index (χ0n) is 15.6. The molecule has 4 nitrogen and oxygen atoms in total. The van der Waals surface area contributed by atoms with Gasteiger partial charge in [0, 0.05) is 22.2 Å². The maximum absolute atomic E-state index is 5.07. The van der Waals surface area contributed by atoms with E-state index in [0.717, 1.165) is 44.5 Å². The van der Waals surface area contributed by atoms with Crippen LogP contribution in [0.2, 0.25) is 0 Å². The Morgan fingerprint density at radius 2 is 0.963 bits per heavy atom. The van der Waals surface area contributed by atoms with Crippen molar-refractivity contribution in [3.8, 4) is 0 Å². The fraction of sp³-hybridized carbons (Fsp3) is 0.273. The number of aromatic nitrogens is 4. The normalized spacial score (nSPS) is 17.2. The SMILES string of the molecule is CC1(C)c2nc3c1ccc1c3nc(c3ccc([n-]3)c3ccc2[n-]3)C1(C)C.[Pt+2]. The molecule has 0 atom stereocenters. The maximum Gasteiger partial charge on any atom is 2.00 e. The van der Waals surface area contributed by atoms with Gasteiger partial charge in [-0.1, -0.05) is 64.1 Å². The van der Waals surface area contributed by atoms with Gasteiger partial charge in [0.15, 0.2) is 0 Å². The third-order valence-corrected chi connectivity index (χ3v) is 6.16. The zero-order valence-corrected chi connectivity index (χ0v) is 17.8. The van der Waals surface area contributed by atoms with Gasteiger partial charge in [0.25, 0.3) is 0 Å². The quantitative estimate of drug-likeness (QED) is 0.339. The fourth-order valence-corrected chi connectivity index (χ4v) is 4.60. The molecule has 5 heteroatoms. The van der Waals surface area contributed by atoms with Crippen LogP contribution in [0.15, 0.2) is 36.4 Å². The average molecular weight is 533 g/mol. The third kappa shape index (κ3) is 1.92. The van der Waals surface area contributed by atoms with Crippen molar-refractivity contribution in [3.63, 3.8) is 0 Å². The van der Waals surface area contributed by atoms with Gasteiger partial charge < -0.3 is 9.97 Å². The molecule has 5 heterocycles. The van der Waals surface area contributed by atoms with E-state index in [0.29, 0.717) is 0 Å². The monoisotopic (exact) mass is 533 g/mol. The number of nitrogens with zero attached hydrogens (tertiary/aromatic N) is 4. The minimum atomic E-state index is -0.191. The molecule has 6 rings (SSSR count). The summed E-state index contributed by atoms with van der Waals surface area (Å²) in [5.74, 6) is 0. The molecule has 1 aromatic carbocycles. The summed E-state index contributed by atoms with van der Waals surface area (Å²) < 4.78 is 0. The zero-order chi connectivity index (χ0) is 17.8. The topological polar surface area (TPSA) is 54.0 Å². The molecular formula is C22H18N4Pt. The molecule has 3 aromatic heterocycles. The van der Waals surface area contributed by atoms with Crippen molar-refractivity contribution < 1.29 is 21.1 Å². The predicted octanol–water partition coefficient (Wildman–Crippen LogP) is 4.25. The fourth-order valence-electron chi connectivity index (χ4n) is 4.60. The van der Waals surface area contributed by atoms with Crippen molar-refractivity contribution >= 4 is 33.1 Å². The third-order valence-electron chi connectivity index (χ3n) is 6.16. The molecule has 2 aliphatic rings. The molecule has 27 heavy (non-hydrogen) atoms. The van der Waals surface area contributed by atoms with Crippen molar-refractivity contribution in [2.24, 2.45) is 0 Å². The number of hydrogen-bond acceptors (Lipinski definition) is 2. The molecule has 0 saturated carbocycles. The summed E-state index contributed by atoms with van der Waals surface area (Å²) in [7, 11) is 0. The minimum Gasteiger partial charge on any atom is -0.657 e. The van der Waals surface area contributed by atoms with Gasteiger partial charge in [-0.3, -0.25) is 9.97 Å². The summed E-state index contributed by atoms with van der Waals surface area (Å²) in [5, 5.41) is 0. The van der Waals surface area contributed by atoms with Crippen LogP contribution in [0.1, 0.15) is 50.2 Å². The molecule has 0 unspecified atom stereocenters. The van der Waals surface area contributed by atoms with Gasteiger partial charge in [0.2, 0.25) is 0 Å². The first-order chi connectivity index (χ1) is 12.4. The van der Waals surface area contributed by atoms with E-state index in [1.807, 2.05) is 12.1 Å². The van der Waals surface area contributed by atoms with Crippen LogP contribution in [-0.4, -0.2) is 9.97 Å². The predicted molar refractivity (Wildman–Crippen MR) is 103 cm³/mol. The largest absolute Gasteiger partial charge is 2.00 e. The van der Waals surface area contributed by atoms with Gasteiger partial charge in [-0.25, -0.2) is 0 Å². The summed E-state index contributed by atoms with van der Waals surface area (Å²) >= 11 is 0. The number of fused-ring (bicyclic) bond motifs is 9. The number of rotatable bonds is 0. The summed E-state index contributed by atoms with van der Waals surface area (Å²) in [6.07, 6.45) is 0. The van der Waals surface area contributed by atoms with Crippen molar-refractivity contribution in [1.29, 1.82) is 0 Å². The standard InChI is InChI=1S/C22H18N4.Pt/c1-21(2)11-5-6-12-18-17(11)25-19(21)15-9-7-13(23-15)14-8-10-16(24-14)20(26-18)22(12,3)4;/h5-10H,1-4H3;/q-2;+2. The van der Waals surface area contributed by atoms with Crippen LogP contribution in [0.5, 0.6) is 0 Å². The number of hydrogen-bond donors (Lipinski definition) is 0. The molecule has 2 aliphatic heterocycles. The summed E-state index contributed by atoms with van der Waals surface area (Å²) in [6, 6.07) is 12.7. The van der Waals surface area contributed by atoms with E-state index < -0.39 is 0 Å². The summed E-state index contributed by atoms with van der Waals surface area (Å²) in [4.78, 5) is 19.8. The second-order valence-corrected chi connectivity index (χ2v) is 8.46. The van der Waals surface area contributed by atoms with Crippen LogP contribution in [-0.2, 0) is 31.9 Å². The van der Waals surface area contributed by atoms with Gasteiger partial charge >= 0.3 is 21.1 Å². The van der Waals surface area contributed by atoms with Crippen molar-refractivity contribution in [2.75, 3.05) is 0 Å². The summed E-state index contributed by atoms with van der Waals surface area (Å²) in [6.45, 7) is 8.89. The van der Waals surface area contributed by atoms with Crippen molar-refractivity contribution in [1.82, 2.24) is 19.9 Å². The van der Waals surface area contributed by atoms with Gasteiger partial charge in [-0.05, 0) is 11.1 Å². The van der Waals surface area contributed by atoms with E-state index in [1.165, 1.54) is 11.1 Å². The van der Waals surface area contributed by atoms with Crippen molar-refractivity contribution in [2.45, 2.75) is 38.5 Å². The average Bonchev–Trinajstić information content (AvgIpc) is 3.31. The maximum atomic E-state index is 5.07. The van der Waals surface area contributed by atoms with Crippen LogP contribution < -0.4 is 9.97 Å². The van der Waals surface area contributed by atoms with E-state index in [2.05, 4.69) is 52.0 Å². The van der Waals surface area contributed by atoms with Crippen LogP contribution in [0.25, 0.3) is 33.1 Å². The van der Waals surface area contributed by atoms with Gasteiger partial charge in [0.1, 0.15) is 0 Å². The molecule has 0 N–H and O–H groups in total. The Labute approximate surface area is 171 Å². The molecule has 0 amide bonds. The minimum absolute atomic E-state index is 0. The van der Waals surface area contributed by atoms with Crippen LogP contribution in [0, 0.1) is 0 Å². The first-order valence-electron chi connectivity index (χ1n) is 9.02. The molecule has 0 saturated heterocycles. The molecule has 136 valence electrons. The molecule has 8 bridgehead atoms. The van der Waals surface area contributed by atoms with E-state index in [4.69, 9.17) is 19.9 Å². The first kappa shape index (κ1) is 16.9. The van der Waals surface area contributed by atoms with E-state index in [9.17, 15) is 0 Å². The van der Waals surface area contributed by atoms with Gasteiger partial charge in [0.05, 0.1) is 11.0 Å². The molecule has 0 radical (unpaired) electrons. The van der Waals surface area contributed by atoms with Gasteiger partial charge in [-0.15, -0.1) is 11.0 Å². The second-order valence-electron chi connectivity index (χ2n) is 8.46. The molecule has 0 fully saturated rings. The van der Waals surface area contributed by atoms with Crippen LogP contribution >= 0.6 is 0 Å². The van der Waals surface area contributed by atoms with Gasteiger partial charge in [-0.2, -0.15) is 11.0 Å². The Hall–Kier alpha value is -2.19. The van der Waals surface area contributed by atoms with E-state index in [-0.39, 0.29) is 31.9 Å². The summed E-state index contributed by atoms with van der Waals surface area (Å²) in [5.41, 5.74) is 9.77. The smallest absolute Gasteiger partial charge is 0.657 e. The Morgan fingerprint density at radius 3 is 1.37 bits per heavy atom. The molecular weight excluding hydrogens is 515 g/mol. The van der Waals surface area contributed by atoms with E-state index >= 15 is 0 Å². The Balaban J connectivity index is 0.00000160. The molecule has 0 aliphatic carbocycles. The Morgan fingerprint density at radius 1 is 0.593 bits per heavy atom. The van der Waals surface area contributed by atoms with Crippen molar-refractivity contribution in [3.05, 3.63) is 58.9 Å². The Kier molecular flexibility index (Phi) is 3.13. The van der Waals surface area contributed by atoms with E-state index in [1.54, 1.807) is 0 Å². The molecule has 4 aromatic rings. The van der Waals surface area contributed by atoms with Crippen LogP contribution in [0.4, 0.5) is 0 Å². The van der Waals surface area contributed by atoms with Crippen LogP contribution in [0.3, 0.4) is 0 Å².